The third kappa shape index (κ3) is 4.27. The molecule has 0 saturated carbocycles. The molecular formula is C14H22NO3P. The van der Waals surface area contributed by atoms with E-state index in [1.807, 2.05) is 30.3 Å². The van der Waals surface area contributed by atoms with Crippen LogP contribution in [0, 0.1) is 0 Å². The molecular weight excluding hydrogens is 261 g/mol. The van der Waals surface area contributed by atoms with Gasteiger partial charge in [0.2, 0.25) is 0 Å². The molecule has 0 saturated heterocycles. The highest BCUT2D eigenvalue weighted by Gasteiger charge is 2.42. The standard InChI is InChI=1S/C14H22NO3P/c1-5-17-19(16,18-6-2)14(3,4)15-12-13-10-8-7-9-11-13/h7-12H,5-6H2,1-4H3. The maximum atomic E-state index is 12.7. The summed E-state index contributed by atoms with van der Waals surface area (Å²) in [5.41, 5.74) is 0.954. The van der Waals surface area contributed by atoms with E-state index >= 15 is 0 Å². The van der Waals surface area contributed by atoms with Crippen LogP contribution in [0.1, 0.15) is 33.3 Å². The number of aliphatic imine (C=N–C) groups is 1. The van der Waals surface area contributed by atoms with Crippen LogP contribution in [0.15, 0.2) is 35.3 Å². The van der Waals surface area contributed by atoms with Gasteiger partial charge in [0, 0.05) is 6.21 Å². The lowest BCUT2D eigenvalue weighted by atomic mass is 10.2. The van der Waals surface area contributed by atoms with Gasteiger partial charge in [-0.05, 0) is 33.3 Å². The molecule has 106 valence electrons. The minimum Gasteiger partial charge on any atom is -0.307 e. The van der Waals surface area contributed by atoms with Crippen molar-refractivity contribution < 1.29 is 13.6 Å². The molecule has 0 aliphatic rings. The summed E-state index contributed by atoms with van der Waals surface area (Å²) < 4.78 is 23.4. The number of hydrogen-bond donors (Lipinski definition) is 0. The SMILES string of the molecule is CCOP(=O)(OCC)C(C)(C)N=Cc1ccccc1. The fraction of sp³-hybridized carbons (Fsp3) is 0.500. The van der Waals surface area contributed by atoms with Crippen molar-refractivity contribution >= 4 is 13.8 Å². The van der Waals surface area contributed by atoms with Crippen molar-refractivity contribution in [2.75, 3.05) is 13.2 Å². The predicted molar refractivity (Wildman–Crippen MR) is 79.0 cm³/mol. The second-order valence-corrected chi connectivity index (χ2v) is 7.10. The van der Waals surface area contributed by atoms with E-state index in [4.69, 9.17) is 9.05 Å². The van der Waals surface area contributed by atoms with Gasteiger partial charge in [-0.15, -0.1) is 0 Å². The molecule has 0 aliphatic heterocycles. The Hall–Kier alpha value is -0.960. The van der Waals surface area contributed by atoms with E-state index in [0.717, 1.165) is 5.56 Å². The molecule has 4 nitrogen and oxygen atoms in total. The highest BCUT2D eigenvalue weighted by molar-refractivity contribution is 7.55. The molecule has 0 aliphatic carbocycles. The molecule has 0 radical (unpaired) electrons. The zero-order valence-corrected chi connectivity index (χ0v) is 12.9. The Morgan fingerprint density at radius 2 is 1.68 bits per heavy atom. The van der Waals surface area contributed by atoms with E-state index in [0.29, 0.717) is 13.2 Å². The van der Waals surface area contributed by atoms with Crippen molar-refractivity contribution in [1.29, 1.82) is 0 Å². The van der Waals surface area contributed by atoms with Crippen molar-refractivity contribution in [3.63, 3.8) is 0 Å². The van der Waals surface area contributed by atoms with Crippen LogP contribution in [0.25, 0.3) is 0 Å². The third-order valence-corrected chi connectivity index (χ3v) is 5.25. The minimum absolute atomic E-state index is 0.335. The number of benzene rings is 1. The molecule has 0 spiro atoms. The highest BCUT2D eigenvalue weighted by Crippen LogP contribution is 2.60. The number of nitrogens with zero attached hydrogens (tertiary/aromatic N) is 1. The monoisotopic (exact) mass is 283 g/mol. The first-order valence-electron chi connectivity index (χ1n) is 6.44. The zero-order valence-electron chi connectivity index (χ0n) is 12.0. The Balaban J connectivity index is 2.94. The van der Waals surface area contributed by atoms with E-state index in [-0.39, 0.29) is 0 Å². The molecule has 1 aromatic carbocycles. The zero-order chi connectivity index (χ0) is 14.4. The van der Waals surface area contributed by atoms with Crippen LogP contribution < -0.4 is 0 Å². The van der Waals surface area contributed by atoms with Crippen molar-refractivity contribution in [3.8, 4) is 0 Å². The lowest BCUT2D eigenvalue weighted by Crippen LogP contribution is -2.21. The predicted octanol–water partition coefficient (Wildman–Crippen LogP) is 4.11. The second-order valence-electron chi connectivity index (χ2n) is 4.50. The van der Waals surface area contributed by atoms with Crippen molar-refractivity contribution in [2.24, 2.45) is 4.99 Å². The van der Waals surface area contributed by atoms with E-state index < -0.39 is 12.9 Å². The van der Waals surface area contributed by atoms with Crippen LogP contribution in [-0.2, 0) is 13.6 Å². The molecule has 0 amide bonds. The smallest absolute Gasteiger partial charge is 0.307 e. The van der Waals surface area contributed by atoms with E-state index in [1.54, 1.807) is 33.9 Å². The lowest BCUT2D eigenvalue weighted by Gasteiger charge is -2.29. The quantitative estimate of drug-likeness (QED) is 0.559. The number of hydrogen-bond acceptors (Lipinski definition) is 4. The molecule has 1 rings (SSSR count). The molecule has 5 heteroatoms. The first kappa shape index (κ1) is 16.1. The van der Waals surface area contributed by atoms with Gasteiger partial charge < -0.3 is 9.05 Å². The topological polar surface area (TPSA) is 47.9 Å². The van der Waals surface area contributed by atoms with Crippen molar-refractivity contribution in [2.45, 2.75) is 33.0 Å². The van der Waals surface area contributed by atoms with Gasteiger partial charge in [-0.25, -0.2) is 0 Å². The van der Waals surface area contributed by atoms with E-state index in [1.165, 1.54) is 0 Å². The summed E-state index contributed by atoms with van der Waals surface area (Å²) >= 11 is 0. The second kappa shape index (κ2) is 6.99. The summed E-state index contributed by atoms with van der Waals surface area (Å²) in [6.07, 6.45) is 1.70. The van der Waals surface area contributed by atoms with Gasteiger partial charge in [0.25, 0.3) is 0 Å². The average Bonchev–Trinajstić information content (AvgIpc) is 2.38. The summed E-state index contributed by atoms with van der Waals surface area (Å²) in [5.74, 6) is 0. The van der Waals surface area contributed by atoms with Gasteiger partial charge >= 0.3 is 7.60 Å². The largest absolute Gasteiger partial charge is 0.357 e. The fourth-order valence-corrected chi connectivity index (χ4v) is 3.12. The van der Waals surface area contributed by atoms with Crippen LogP contribution in [0.2, 0.25) is 0 Å². The Morgan fingerprint density at radius 3 is 2.16 bits per heavy atom. The molecule has 19 heavy (non-hydrogen) atoms. The Bertz CT molecular complexity index is 447. The minimum atomic E-state index is -3.26. The summed E-state index contributed by atoms with van der Waals surface area (Å²) in [4.78, 5) is 4.40. The molecule has 1 aromatic rings. The van der Waals surface area contributed by atoms with Crippen LogP contribution in [0.5, 0.6) is 0 Å². The maximum absolute atomic E-state index is 12.7. The first-order valence-corrected chi connectivity index (χ1v) is 7.99. The molecule has 0 aromatic heterocycles. The Labute approximate surface area is 115 Å². The van der Waals surface area contributed by atoms with Crippen LogP contribution >= 0.6 is 7.60 Å². The highest BCUT2D eigenvalue weighted by atomic mass is 31.2. The van der Waals surface area contributed by atoms with Crippen LogP contribution in [0.3, 0.4) is 0 Å². The molecule has 0 heterocycles. The van der Waals surface area contributed by atoms with Crippen LogP contribution in [0.4, 0.5) is 0 Å². The van der Waals surface area contributed by atoms with Gasteiger partial charge in [-0.1, -0.05) is 30.3 Å². The summed E-state index contributed by atoms with van der Waals surface area (Å²) in [7, 11) is -3.26. The van der Waals surface area contributed by atoms with Crippen LogP contribution in [-0.4, -0.2) is 24.7 Å². The van der Waals surface area contributed by atoms with Gasteiger partial charge in [0.05, 0.1) is 13.2 Å². The third-order valence-electron chi connectivity index (χ3n) is 2.60. The van der Waals surface area contributed by atoms with E-state index in [2.05, 4.69) is 4.99 Å². The summed E-state index contributed by atoms with van der Waals surface area (Å²) in [6.45, 7) is 7.78. The Kier molecular flexibility index (Phi) is 5.92. The van der Waals surface area contributed by atoms with Gasteiger partial charge in [0.15, 0.2) is 5.28 Å². The normalized spacial score (nSPS) is 13.1. The molecule has 0 N–H and O–H groups in total. The summed E-state index contributed by atoms with van der Waals surface area (Å²) in [5, 5.41) is -0.908. The summed E-state index contributed by atoms with van der Waals surface area (Å²) in [6, 6.07) is 9.67. The lowest BCUT2D eigenvalue weighted by molar-refractivity contribution is 0.202. The molecule has 0 atom stereocenters. The Morgan fingerprint density at radius 1 is 1.16 bits per heavy atom. The first-order chi connectivity index (χ1) is 8.95. The molecule has 0 bridgehead atoms. The van der Waals surface area contributed by atoms with Gasteiger partial charge in [-0.2, -0.15) is 0 Å². The maximum Gasteiger partial charge on any atom is 0.357 e. The van der Waals surface area contributed by atoms with Gasteiger partial charge in [-0.3, -0.25) is 9.56 Å². The van der Waals surface area contributed by atoms with Crippen molar-refractivity contribution in [3.05, 3.63) is 35.9 Å². The van der Waals surface area contributed by atoms with Crippen molar-refractivity contribution in [1.82, 2.24) is 0 Å². The molecule has 0 fully saturated rings. The van der Waals surface area contributed by atoms with Gasteiger partial charge in [0.1, 0.15) is 0 Å². The van der Waals surface area contributed by atoms with E-state index in [9.17, 15) is 4.57 Å². The average molecular weight is 283 g/mol. The fourth-order valence-electron chi connectivity index (χ4n) is 1.54. The number of rotatable bonds is 7. The molecule has 0 unspecified atom stereocenters.